The highest BCUT2D eigenvalue weighted by molar-refractivity contribution is 6.30. The lowest BCUT2D eigenvalue weighted by atomic mass is 10.1. The molecule has 0 bridgehead atoms. The largest absolute Gasteiger partial charge is 0.435 e. The second kappa shape index (κ2) is 10.3. The van der Waals surface area contributed by atoms with E-state index in [1.807, 2.05) is 5.32 Å². The number of hydrogen-bond acceptors (Lipinski definition) is 5. The molecule has 1 N–H and O–H groups in total. The molecule has 1 aliphatic rings. The first kappa shape index (κ1) is 26.0. The molecule has 6 nitrogen and oxygen atoms in total. The van der Waals surface area contributed by atoms with Gasteiger partial charge in [-0.15, -0.1) is 0 Å². The summed E-state index contributed by atoms with van der Waals surface area (Å²) in [6.07, 6.45) is -13.4. The Morgan fingerprint density at radius 2 is 1.97 bits per heavy atom. The number of hydrogen-bond donors (Lipinski definition) is 1. The van der Waals surface area contributed by atoms with Gasteiger partial charge >= 0.3 is 18.4 Å². The second-order valence-corrected chi connectivity index (χ2v) is 7.69. The van der Waals surface area contributed by atoms with Gasteiger partial charge in [-0.2, -0.15) is 26.3 Å². The Morgan fingerprint density at radius 3 is 2.56 bits per heavy atom. The number of carbonyl (C=O) groups is 1. The van der Waals surface area contributed by atoms with Crippen molar-refractivity contribution < 1.29 is 45.0 Å². The van der Waals surface area contributed by atoms with Gasteiger partial charge in [-0.25, -0.2) is 9.18 Å². The molecule has 1 unspecified atom stereocenters. The number of ether oxygens (including phenoxy) is 2. The van der Waals surface area contributed by atoms with Gasteiger partial charge in [-0.1, -0.05) is 17.7 Å². The van der Waals surface area contributed by atoms with Crippen molar-refractivity contribution >= 4 is 23.4 Å². The Morgan fingerprint density at radius 1 is 1.24 bits per heavy atom. The Kier molecular flexibility index (Phi) is 7.88. The van der Waals surface area contributed by atoms with E-state index in [4.69, 9.17) is 16.3 Å². The number of benzene rings is 1. The molecule has 1 saturated heterocycles. The third-order valence-corrected chi connectivity index (χ3v) is 5.11. The number of amides is 1. The van der Waals surface area contributed by atoms with Crippen molar-refractivity contribution in [1.82, 2.24) is 9.88 Å². The van der Waals surface area contributed by atoms with E-state index in [0.717, 1.165) is 30.5 Å². The standard InChI is InChI=1S/C20H17ClF7N3O3/c21-13-3-2-12(7-14(13)22)30-18(32)34-17(20(26,27)28)10-31-5-6-33-15(9-31)11-1-4-16(29-8-11)19(23,24)25/h1-4,7-8,15,17H,5-6,9-10H2,(H,30,32)/t15-,17?/m1/s1. The summed E-state index contributed by atoms with van der Waals surface area (Å²) in [4.78, 5) is 16.6. The summed E-state index contributed by atoms with van der Waals surface area (Å²) in [6.45, 7) is -0.802. The zero-order valence-electron chi connectivity index (χ0n) is 17.1. The lowest BCUT2D eigenvalue weighted by molar-refractivity contribution is -0.209. The summed E-state index contributed by atoms with van der Waals surface area (Å²) in [7, 11) is 0. The predicted octanol–water partition coefficient (Wildman–Crippen LogP) is 5.45. The number of rotatable bonds is 5. The number of aromatic nitrogens is 1. The van der Waals surface area contributed by atoms with E-state index in [1.54, 1.807) is 0 Å². The molecular formula is C20H17ClF7N3O3. The van der Waals surface area contributed by atoms with Gasteiger partial charge in [0.1, 0.15) is 11.5 Å². The molecule has 2 heterocycles. The van der Waals surface area contributed by atoms with Gasteiger partial charge in [0.15, 0.2) is 0 Å². The van der Waals surface area contributed by atoms with Crippen molar-refractivity contribution in [2.75, 3.05) is 31.6 Å². The van der Waals surface area contributed by atoms with Crippen molar-refractivity contribution in [1.29, 1.82) is 0 Å². The van der Waals surface area contributed by atoms with Gasteiger partial charge in [0.2, 0.25) is 6.10 Å². The molecule has 3 rings (SSSR count). The molecule has 1 aliphatic heterocycles. The minimum absolute atomic E-state index is 0.00743. The molecule has 1 amide bonds. The maximum absolute atomic E-state index is 13.5. The molecule has 186 valence electrons. The number of nitrogens with one attached hydrogen (secondary N) is 1. The Labute approximate surface area is 193 Å². The van der Waals surface area contributed by atoms with Crippen molar-refractivity contribution in [2.24, 2.45) is 0 Å². The summed E-state index contributed by atoms with van der Waals surface area (Å²) < 4.78 is 102. The van der Waals surface area contributed by atoms with E-state index in [2.05, 4.69) is 9.72 Å². The van der Waals surface area contributed by atoms with E-state index in [9.17, 15) is 35.5 Å². The van der Waals surface area contributed by atoms with Crippen molar-refractivity contribution in [3.05, 3.63) is 58.6 Å². The average Bonchev–Trinajstić information content (AvgIpc) is 2.75. The van der Waals surface area contributed by atoms with Crippen LogP contribution in [-0.4, -0.2) is 54.5 Å². The van der Waals surface area contributed by atoms with E-state index >= 15 is 0 Å². The number of pyridine rings is 1. The lowest BCUT2D eigenvalue weighted by Gasteiger charge is -2.35. The van der Waals surface area contributed by atoms with Crippen LogP contribution < -0.4 is 5.32 Å². The smallest absolute Gasteiger partial charge is 0.433 e. The topological polar surface area (TPSA) is 63.7 Å². The van der Waals surface area contributed by atoms with Crippen LogP contribution in [0.25, 0.3) is 0 Å². The minimum Gasteiger partial charge on any atom is -0.435 e. The summed E-state index contributed by atoms with van der Waals surface area (Å²) in [5.74, 6) is -0.885. The van der Waals surface area contributed by atoms with E-state index in [0.29, 0.717) is 0 Å². The molecule has 34 heavy (non-hydrogen) atoms. The zero-order valence-corrected chi connectivity index (χ0v) is 17.8. The Bertz CT molecular complexity index is 1000. The Hall–Kier alpha value is -2.64. The molecule has 0 saturated carbocycles. The number of alkyl halides is 6. The van der Waals surface area contributed by atoms with Crippen LogP contribution in [0.2, 0.25) is 5.02 Å². The van der Waals surface area contributed by atoms with E-state index in [-0.39, 0.29) is 36.0 Å². The highest BCUT2D eigenvalue weighted by Gasteiger charge is 2.44. The van der Waals surface area contributed by atoms with Crippen molar-refractivity contribution in [3.8, 4) is 0 Å². The number of nitrogens with zero attached hydrogens (tertiary/aromatic N) is 2. The summed E-state index contributed by atoms with van der Waals surface area (Å²) in [5, 5.41) is 1.76. The highest BCUT2D eigenvalue weighted by atomic mass is 35.5. The molecule has 1 aromatic heterocycles. The molecular weight excluding hydrogens is 499 g/mol. The predicted molar refractivity (Wildman–Crippen MR) is 106 cm³/mol. The number of anilines is 1. The van der Waals surface area contributed by atoms with Crippen LogP contribution >= 0.6 is 11.6 Å². The fourth-order valence-corrected chi connectivity index (χ4v) is 3.24. The molecule has 0 spiro atoms. The number of halogens is 8. The third-order valence-electron chi connectivity index (χ3n) is 4.80. The normalized spacial score (nSPS) is 18.4. The maximum atomic E-state index is 13.5. The quantitative estimate of drug-likeness (QED) is 0.537. The summed E-state index contributed by atoms with van der Waals surface area (Å²) in [5.41, 5.74) is -1.01. The highest BCUT2D eigenvalue weighted by Crippen LogP contribution is 2.30. The monoisotopic (exact) mass is 515 g/mol. The molecule has 14 heteroatoms. The molecule has 2 aromatic rings. The Balaban J connectivity index is 1.64. The SMILES string of the molecule is O=C(Nc1ccc(Cl)c(F)c1)OC(CN1CCO[C@@H](c2ccc(C(F)(F)F)nc2)C1)C(F)(F)F. The van der Waals surface area contributed by atoms with Crippen LogP contribution in [0.15, 0.2) is 36.5 Å². The molecule has 0 radical (unpaired) electrons. The third kappa shape index (κ3) is 6.93. The van der Waals surface area contributed by atoms with Gasteiger partial charge in [0.05, 0.1) is 17.7 Å². The first-order valence-corrected chi connectivity index (χ1v) is 10.1. The van der Waals surface area contributed by atoms with Gasteiger partial charge in [-0.05, 0) is 24.3 Å². The van der Waals surface area contributed by atoms with Gasteiger partial charge in [0.25, 0.3) is 0 Å². The zero-order chi connectivity index (χ0) is 25.1. The average molecular weight is 516 g/mol. The number of carbonyl (C=O) groups excluding carboxylic acids is 1. The van der Waals surface area contributed by atoms with Crippen LogP contribution in [0.1, 0.15) is 17.4 Å². The van der Waals surface area contributed by atoms with Crippen LogP contribution in [0.3, 0.4) is 0 Å². The van der Waals surface area contributed by atoms with Gasteiger partial charge < -0.3 is 9.47 Å². The van der Waals surface area contributed by atoms with E-state index < -0.39 is 48.7 Å². The number of morpholine rings is 1. The summed E-state index contributed by atoms with van der Waals surface area (Å²) in [6, 6.07) is 5.00. The van der Waals surface area contributed by atoms with Gasteiger partial charge in [0, 0.05) is 37.1 Å². The van der Waals surface area contributed by atoms with Crippen LogP contribution in [0.4, 0.5) is 41.2 Å². The van der Waals surface area contributed by atoms with Crippen LogP contribution in [0.5, 0.6) is 0 Å². The molecule has 0 aliphatic carbocycles. The first-order valence-electron chi connectivity index (χ1n) is 9.69. The molecule has 1 fully saturated rings. The molecule has 1 aromatic carbocycles. The minimum atomic E-state index is -4.92. The van der Waals surface area contributed by atoms with Crippen molar-refractivity contribution in [3.63, 3.8) is 0 Å². The first-order chi connectivity index (χ1) is 15.8. The second-order valence-electron chi connectivity index (χ2n) is 7.28. The van der Waals surface area contributed by atoms with Crippen LogP contribution in [-0.2, 0) is 15.7 Å². The fraction of sp³-hybridized carbons (Fsp3) is 0.400. The molecule has 2 atom stereocenters. The van der Waals surface area contributed by atoms with Gasteiger partial charge in [-0.3, -0.25) is 15.2 Å². The van der Waals surface area contributed by atoms with Crippen LogP contribution in [0, 0.1) is 5.82 Å². The maximum Gasteiger partial charge on any atom is 0.433 e. The van der Waals surface area contributed by atoms with E-state index in [1.165, 1.54) is 11.0 Å². The summed E-state index contributed by atoms with van der Waals surface area (Å²) >= 11 is 5.52. The lowest BCUT2D eigenvalue weighted by Crippen LogP contribution is -2.48. The fourth-order valence-electron chi connectivity index (χ4n) is 3.13. The van der Waals surface area contributed by atoms with Crippen molar-refractivity contribution in [2.45, 2.75) is 24.6 Å².